The molecule has 2 aromatic carbocycles. The van der Waals surface area contributed by atoms with E-state index in [2.05, 4.69) is 22.6 Å². The summed E-state index contributed by atoms with van der Waals surface area (Å²) in [5, 5.41) is 11.3. The highest BCUT2D eigenvalue weighted by Crippen LogP contribution is 2.31. The lowest BCUT2D eigenvalue weighted by Crippen LogP contribution is -2.00. The van der Waals surface area contributed by atoms with E-state index in [0.717, 1.165) is 9.13 Å². The third-order valence-corrected chi connectivity index (χ3v) is 4.87. The van der Waals surface area contributed by atoms with Gasteiger partial charge in [0.15, 0.2) is 0 Å². The van der Waals surface area contributed by atoms with E-state index < -0.39 is 0 Å². The number of nitro groups is 1. The zero-order valence-corrected chi connectivity index (χ0v) is 13.9. The van der Waals surface area contributed by atoms with E-state index in [1.807, 2.05) is 12.1 Å². The summed E-state index contributed by atoms with van der Waals surface area (Å²) in [7, 11) is 0. The van der Waals surface area contributed by atoms with Gasteiger partial charge in [0.1, 0.15) is 0 Å². The first-order valence-electron chi connectivity index (χ1n) is 5.80. The average Bonchev–Trinajstić information content (AvgIpc) is 2.42. The zero-order chi connectivity index (χ0) is 14.7. The van der Waals surface area contributed by atoms with Crippen LogP contribution in [-0.4, -0.2) is 4.92 Å². The van der Waals surface area contributed by atoms with Crippen LogP contribution in [0.4, 0.5) is 5.69 Å². The molecule has 1 unspecified atom stereocenters. The molecule has 0 heterocycles. The Morgan fingerprint density at radius 1 is 1.25 bits per heavy atom. The van der Waals surface area contributed by atoms with Crippen LogP contribution in [0.15, 0.2) is 42.5 Å². The number of para-hydroxylation sites is 1. The number of nitrogens with zero attached hydrogens (tertiary/aromatic N) is 1. The number of benzene rings is 2. The van der Waals surface area contributed by atoms with Crippen molar-refractivity contribution in [3.63, 3.8) is 0 Å². The number of halogens is 3. The summed E-state index contributed by atoms with van der Waals surface area (Å²) >= 11 is 14.6. The Hall–Kier alpha value is -0.850. The number of nitro benzene ring substituents is 1. The highest BCUT2D eigenvalue weighted by molar-refractivity contribution is 14.1. The van der Waals surface area contributed by atoms with E-state index in [0.29, 0.717) is 17.0 Å². The van der Waals surface area contributed by atoms with Crippen molar-refractivity contribution < 1.29 is 4.92 Å². The van der Waals surface area contributed by atoms with Gasteiger partial charge in [0.2, 0.25) is 0 Å². The Morgan fingerprint density at radius 3 is 2.60 bits per heavy atom. The van der Waals surface area contributed by atoms with Gasteiger partial charge in [-0.05, 0) is 46.7 Å². The summed E-state index contributed by atoms with van der Waals surface area (Å²) in [5.74, 6) is 0. The minimum Gasteiger partial charge on any atom is -0.258 e. The van der Waals surface area contributed by atoms with Crippen LogP contribution in [0.1, 0.15) is 16.5 Å². The van der Waals surface area contributed by atoms with Crippen molar-refractivity contribution in [3.8, 4) is 0 Å². The van der Waals surface area contributed by atoms with Gasteiger partial charge in [-0.3, -0.25) is 10.1 Å². The van der Waals surface area contributed by atoms with Gasteiger partial charge >= 0.3 is 0 Å². The Balaban J connectivity index is 2.25. The Bertz CT molecular complexity index is 649. The fourth-order valence-corrected chi connectivity index (χ4v) is 2.71. The molecule has 0 amide bonds. The maximum atomic E-state index is 11.0. The smallest absolute Gasteiger partial charge is 0.258 e. The molecule has 0 fully saturated rings. The molecule has 6 heteroatoms. The van der Waals surface area contributed by atoms with E-state index in [1.165, 1.54) is 6.07 Å². The van der Waals surface area contributed by atoms with Crippen molar-refractivity contribution in [3.05, 3.63) is 72.3 Å². The molecule has 2 rings (SSSR count). The van der Waals surface area contributed by atoms with Gasteiger partial charge in [-0.25, -0.2) is 0 Å². The van der Waals surface area contributed by atoms with Crippen LogP contribution in [0.2, 0.25) is 5.02 Å². The van der Waals surface area contributed by atoms with Crippen LogP contribution in [0.5, 0.6) is 0 Å². The van der Waals surface area contributed by atoms with Crippen molar-refractivity contribution in [2.75, 3.05) is 0 Å². The number of rotatable bonds is 4. The predicted molar refractivity (Wildman–Crippen MR) is 89.6 cm³/mol. The van der Waals surface area contributed by atoms with E-state index in [-0.39, 0.29) is 16.0 Å². The van der Waals surface area contributed by atoms with Crippen LogP contribution in [0, 0.1) is 13.7 Å². The molecule has 0 saturated carbocycles. The third-order valence-electron chi connectivity index (χ3n) is 2.89. The monoisotopic (exact) mass is 421 g/mol. The third kappa shape index (κ3) is 3.62. The largest absolute Gasteiger partial charge is 0.272 e. The van der Waals surface area contributed by atoms with E-state index >= 15 is 0 Å². The van der Waals surface area contributed by atoms with Gasteiger partial charge in [0.05, 0.1) is 15.3 Å². The van der Waals surface area contributed by atoms with Crippen LogP contribution >= 0.6 is 45.8 Å². The maximum absolute atomic E-state index is 11.0. The highest BCUT2D eigenvalue weighted by atomic mass is 127. The summed E-state index contributed by atoms with van der Waals surface area (Å²) < 4.78 is 0.947. The molecule has 20 heavy (non-hydrogen) atoms. The van der Waals surface area contributed by atoms with Gasteiger partial charge in [0, 0.05) is 15.2 Å². The van der Waals surface area contributed by atoms with Gasteiger partial charge in [-0.2, -0.15) is 0 Å². The molecule has 104 valence electrons. The second-order valence-electron chi connectivity index (χ2n) is 4.23. The van der Waals surface area contributed by atoms with Crippen molar-refractivity contribution >= 4 is 51.5 Å². The lowest BCUT2D eigenvalue weighted by atomic mass is 10.0. The molecule has 0 radical (unpaired) electrons. The second kappa shape index (κ2) is 6.74. The molecular weight excluding hydrogens is 412 g/mol. The fraction of sp³-hybridized carbons (Fsp3) is 0.143. The molecule has 0 bridgehead atoms. The lowest BCUT2D eigenvalue weighted by Gasteiger charge is -2.11. The van der Waals surface area contributed by atoms with E-state index in [1.54, 1.807) is 24.3 Å². The topological polar surface area (TPSA) is 43.1 Å². The standard InChI is InChI=1S/C14H10Cl2INO2/c15-11(9-5-6-13(17)12(16)7-9)8-10-3-1-2-4-14(10)18(19)20/h1-7,11H,8H2. The number of alkyl halides is 1. The summed E-state index contributed by atoms with van der Waals surface area (Å²) in [4.78, 5) is 10.6. The maximum Gasteiger partial charge on any atom is 0.272 e. The summed E-state index contributed by atoms with van der Waals surface area (Å²) in [6.07, 6.45) is 0.385. The van der Waals surface area contributed by atoms with Gasteiger partial charge in [-0.1, -0.05) is 35.9 Å². The van der Waals surface area contributed by atoms with Crippen LogP contribution < -0.4 is 0 Å². The first-order chi connectivity index (χ1) is 9.49. The minimum absolute atomic E-state index is 0.0924. The average molecular weight is 422 g/mol. The molecule has 2 aromatic rings. The molecule has 0 spiro atoms. The SMILES string of the molecule is O=[N+]([O-])c1ccccc1CC(Cl)c1ccc(I)c(Cl)c1. The summed E-state index contributed by atoms with van der Waals surface area (Å²) in [6, 6.07) is 12.2. The molecule has 1 atom stereocenters. The van der Waals surface area contributed by atoms with Crippen molar-refractivity contribution in [2.24, 2.45) is 0 Å². The summed E-state index contributed by atoms with van der Waals surface area (Å²) in [5.41, 5.74) is 1.57. The second-order valence-corrected chi connectivity index (χ2v) is 6.33. The van der Waals surface area contributed by atoms with E-state index in [9.17, 15) is 10.1 Å². The minimum atomic E-state index is -0.389. The van der Waals surface area contributed by atoms with Crippen molar-refractivity contribution in [2.45, 2.75) is 11.8 Å². The van der Waals surface area contributed by atoms with Gasteiger partial charge in [-0.15, -0.1) is 11.6 Å². The quantitative estimate of drug-likeness (QED) is 0.288. The molecule has 0 saturated heterocycles. The van der Waals surface area contributed by atoms with Gasteiger partial charge in [0.25, 0.3) is 5.69 Å². The Morgan fingerprint density at radius 2 is 1.95 bits per heavy atom. The van der Waals surface area contributed by atoms with Crippen LogP contribution in [0.3, 0.4) is 0 Å². The molecule has 0 aliphatic heterocycles. The molecule has 3 nitrogen and oxygen atoms in total. The fourth-order valence-electron chi connectivity index (χ4n) is 1.88. The molecule has 0 N–H and O–H groups in total. The molecular formula is C14H10Cl2INO2. The first-order valence-corrected chi connectivity index (χ1v) is 7.69. The summed E-state index contributed by atoms with van der Waals surface area (Å²) in [6.45, 7) is 0. The predicted octanol–water partition coefficient (Wildman–Crippen LogP) is 5.38. The number of hydrogen-bond donors (Lipinski definition) is 0. The molecule has 0 aliphatic rings. The van der Waals surface area contributed by atoms with E-state index in [4.69, 9.17) is 23.2 Å². The zero-order valence-electron chi connectivity index (χ0n) is 10.2. The van der Waals surface area contributed by atoms with Crippen LogP contribution in [0.25, 0.3) is 0 Å². The lowest BCUT2D eigenvalue weighted by molar-refractivity contribution is -0.385. The van der Waals surface area contributed by atoms with Crippen LogP contribution in [-0.2, 0) is 6.42 Å². The molecule has 0 aliphatic carbocycles. The van der Waals surface area contributed by atoms with Crippen molar-refractivity contribution in [1.82, 2.24) is 0 Å². The first kappa shape index (κ1) is 15.5. The normalized spacial score (nSPS) is 12.2. The Labute approximate surface area is 140 Å². The number of hydrogen-bond acceptors (Lipinski definition) is 2. The van der Waals surface area contributed by atoms with Gasteiger partial charge < -0.3 is 0 Å². The van der Waals surface area contributed by atoms with Crippen molar-refractivity contribution in [1.29, 1.82) is 0 Å². The highest BCUT2D eigenvalue weighted by Gasteiger charge is 2.17. The Kier molecular flexibility index (Phi) is 5.23. The molecule has 0 aromatic heterocycles.